The number of primary amides is 1. The quantitative estimate of drug-likeness (QED) is 0.644. The molecular weight excluding hydrogens is 363 g/mol. The lowest BCUT2D eigenvalue weighted by atomic mass is 10.1. The number of hydrogen-bond acceptors (Lipinski definition) is 3. The topological polar surface area (TPSA) is 85.3 Å². The van der Waals surface area contributed by atoms with Crippen molar-refractivity contribution in [3.63, 3.8) is 0 Å². The zero-order valence-electron chi connectivity index (χ0n) is 14.2. The lowest BCUT2D eigenvalue weighted by Gasteiger charge is -2.16. The van der Waals surface area contributed by atoms with Crippen LogP contribution in [0.25, 0.3) is 16.3 Å². The second-order valence-corrected chi connectivity index (χ2v) is 8.16. The van der Waals surface area contributed by atoms with E-state index in [-0.39, 0.29) is 6.42 Å². The fraction of sp³-hybridized carbons (Fsp3) is 0.158. The molecule has 0 aliphatic heterocycles. The molecule has 1 amide bonds. The van der Waals surface area contributed by atoms with Gasteiger partial charge in [0.05, 0.1) is 12.1 Å². The fourth-order valence-corrected chi connectivity index (χ4v) is 4.20. The molecule has 1 aromatic carbocycles. The molecule has 0 saturated heterocycles. The highest BCUT2D eigenvalue weighted by atomic mass is 32.1. The van der Waals surface area contributed by atoms with Crippen LogP contribution in [-0.4, -0.2) is 37.8 Å². The van der Waals surface area contributed by atoms with E-state index >= 15 is 0 Å². The van der Waals surface area contributed by atoms with Gasteiger partial charge in [-0.1, -0.05) is 9.81 Å². The van der Waals surface area contributed by atoms with Crippen molar-refractivity contribution in [3.8, 4) is 16.3 Å². The van der Waals surface area contributed by atoms with Gasteiger partial charge in [-0.15, -0.1) is 0 Å². The Balaban J connectivity index is 2.15. The summed E-state index contributed by atoms with van der Waals surface area (Å²) < 4.78 is 3.19. The zero-order chi connectivity index (χ0) is 18.8. The first kappa shape index (κ1) is 18.5. The second-order valence-electron chi connectivity index (χ2n) is 6.01. The number of aryl methyl sites for hydroxylation is 2. The van der Waals surface area contributed by atoms with Gasteiger partial charge in [0.2, 0.25) is 5.91 Å². The van der Waals surface area contributed by atoms with E-state index in [0.29, 0.717) is 12.0 Å². The summed E-state index contributed by atoms with van der Waals surface area (Å²) >= 11 is 4.34. The van der Waals surface area contributed by atoms with Crippen LogP contribution in [0.4, 0.5) is 0 Å². The third-order valence-electron chi connectivity index (χ3n) is 4.16. The van der Waals surface area contributed by atoms with Gasteiger partial charge in [0.15, 0.2) is 16.3 Å². The predicted molar refractivity (Wildman–Crippen MR) is 104 cm³/mol. The Labute approximate surface area is 163 Å². The van der Waals surface area contributed by atoms with E-state index in [1.807, 2.05) is 37.3 Å². The number of hydrogen-bond donors (Lipinski definition) is 2. The number of benzene rings is 1. The van der Waals surface area contributed by atoms with Gasteiger partial charge in [-0.25, -0.2) is 0 Å². The molecule has 0 saturated carbocycles. The maximum atomic E-state index is 11.4. The second kappa shape index (κ2) is 7.50. The van der Waals surface area contributed by atoms with Crippen molar-refractivity contribution in [2.75, 3.05) is 0 Å². The number of rotatable bonds is 6. The number of thiophene rings is 1. The van der Waals surface area contributed by atoms with Crippen LogP contribution >= 0.6 is 11.3 Å². The average Bonchev–Trinajstić information content (AvgIpc) is 3.18. The number of nitrogens with two attached hydrogens (primary N) is 1. The van der Waals surface area contributed by atoms with Gasteiger partial charge in [-0.05, 0) is 55.3 Å². The lowest BCUT2D eigenvalue weighted by Crippen LogP contribution is -2.12. The van der Waals surface area contributed by atoms with Crippen LogP contribution in [0.1, 0.15) is 28.0 Å². The van der Waals surface area contributed by atoms with Crippen molar-refractivity contribution in [2.45, 2.75) is 19.8 Å². The molecule has 3 N–H and O–H groups in total. The number of carbonyl (C=O) groups excluding carboxylic acids is 1. The maximum absolute atomic E-state index is 11.4. The van der Waals surface area contributed by atoms with Crippen molar-refractivity contribution < 1.29 is 14.7 Å². The van der Waals surface area contributed by atoms with Crippen molar-refractivity contribution in [2.24, 2.45) is 5.73 Å². The van der Waals surface area contributed by atoms with E-state index in [9.17, 15) is 9.59 Å². The Morgan fingerprint density at radius 2 is 1.96 bits per heavy atom. The Morgan fingerprint density at radius 1 is 1.19 bits per heavy atom. The number of aromatic nitrogens is 1. The number of aliphatic carboxylic acids is 1. The van der Waals surface area contributed by atoms with Crippen molar-refractivity contribution in [1.29, 1.82) is 0 Å². The maximum Gasteiger partial charge on any atom is 0.303 e. The van der Waals surface area contributed by atoms with Gasteiger partial charge in [-0.2, -0.15) is 11.3 Å². The molecule has 3 aromatic rings. The van der Waals surface area contributed by atoms with Crippen molar-refractivity contribution in [3.05, 3.63) is 59.3 Å². The summed E-state index contributed by atoms with van der Waals surface area (Å²) in [5, 5.41) is 9.05. The van der Waals surface area contributed by atoms with Gasteiger partial charge < -0.3 is 15.4 Å². The Kier molecular flexibility index (Phi) is 5.33. The van der Waals surface area contributed by atoms with Crippen molar-refractivity contribution >= 4 is 43.2 Å². The third kappa shape index (κ3) is 3.75. The molecule has 0 atom stereocenters. The first-order chi connectivity index (χ1) is 12.4. The fourth-order valence-electron chi connectivity index (χ4n) is 2.94. The standard InChI is InChI=1S/C19H17N2O3S.Al/c1-12-11-13(19(20)24)4-7-15(12)21-14(6-9-18(22)23)5-8-16(21)17-3-2-10-25-17;/h2-5,7-8,11H,6,9H2,1H3,(H2,20,24)(H,22,23);. The average molecular weight is 380 g/mol. The summed E-state index contributed by atoms with van der Waals surface area (Å²) in [6, 6.07) is 13.4. The van der Waals surface area contributed by atoms with Gasteiger partial charge in [0.1, 0.15) is 0 Å². The van der Waals surface area contributed by atoms with Gasteiger partial charge >= 0.3 is 5.97 Å². The van der Waals surface area contributed by atoms with E-state index < -0.39 is 11.9 Å². The first-order valence-electron chi connectivity index (χ1n) is 8.05. The van der Waals surface area contributed by atoms with Crippen LogP contribution in [0.2, 0.25) is 0 Å². The highest BCUT2D eigenvalue weighted by Gasteiger charge is 2.16. The molecule has 2 aromatic heterocycles. The summed E-state index contributed by atoms with van der Waals surface area (Å²) in [5.41, 5.74) is 9.55. The number of amides is 1. The molecule has 130 valence electrons. The van der Waals surface area contributed by atoms with E-state index in [2.05, 4.69) is 20.9 Å². The molecule has 7 heteroatoms. The minimum absolute atomic E-state index is 0.0567. The number of nitrogens with zero attached hydrogens (tertiary/aromatic N) is 1. The molecule has 5 nitrogen and oxygen atoms in total. The summed E-state index contributed by atoms with van der Waals surface area (Å²) in [4.78, 5) is 23.6. The molecule has 0 aliphatic carbocycles. The molecule has 0 aliphatic rings. The van der Waals surface area contributed by atoms with Crippen molar-refractivity contribution in [1.82, 2.24) is 4.57 Å². The van der Waals surface area contributed by atoms with Crippen LogP contribution in [0.15, 0.2) is 42.5 Å². The number of carboxylic acid groups (broad SMARTS) is 1. The molecule has 0 fully saturated rings. The Bertz CT molecular complexity index is 991. The molecular formula is C19H17AlN2O3S. The van der Waals surface area contributed by atoms with E-state index in [1.54, 1.807) is 23.5 Å². The minimum atomic E-state index is -0.830. The minimum Gasteiger partial charge on any atom is -0.481 e. The van der Waals surface area contributed by atoms with Crippen LogP contribution < -0.4 is 9.47 Å². The van der Waals surface area contributed by atoms with Crippen LogP contribution in [0.3, 0.4) is 0 Å². The van der Waals surface area contributed by atoms with Crippen LogP contribution in [0, 0.1) is 6.92 Å². The van der Waals surface area contributed by atoms with Crippen LogP contribution in [0.5, 0.6) is 0 Å². The zero-order valence-corrected chi connectivity index (χ0v) is 16.2. The van der Waals surface area contributed by atoms with E-state index in [1.165, 1.54) is 0 Å². The highest BCUT2D eigenvalue weighted by molar-refractivity contribution is 7.23. The Hall–Kier alpha value is -2.33. The SMILES string of the molecule is Cc1cc(C(N)=O)ccc1-n1c(CCC(=O)O)ccc1-c1cc[c]([Al])s1. The molecule has 0 bridgehead atoms. The first-order valence-corrected chi connectivity index (χ1v) is 9.45. The summed E-state index contributed by atoms with van der Waals surface area (Å²) in [7, 11) is 0. The summed E-state index contributed by atoms with van der Waals surface area (Å²) in [6.07, 6.45) is 0.479. The molecule has 0 unspecified atom stereocenters. The largest absolute Gasteiger partial charge is 0.481 e. The smallest absolute Gasteiger partial charge is 0.303 e. The lowest BCUT2D eigenvalue weighted by molar-refractivity contribution is -0.136. The number of carbonyl (C=O) groups is 2. The Morgan fingerprint density at radius 3 is 2.54 bits per heavy atom. The molecule has 2 radical (unpaired) electrons. The molecule has 3 rings (SSSR count). The van der Waals surface area contributed by atoms with Gasteiger partial charge in [0.25, 0.3) is 0 Å². The van der Waals surface area contributed by atoms with Gasteiger partial charge in [-0.3, -0.25) is 9.59 Å². The van der Waals surface area contributed by atoms with E-state index in [0.717, 1.165) is 31.3 Å². The monoisotopic (exact) mass is 380 g/mol. The van der Waals surface area contributed by atoms with Gasteiger partial charge in [0, 0.05) is 21.8 Å². The summed E-state index contributed by atoms with van der Waals surface area (Å²) in [5.74, 6) is -1.30. The van der Waals surface area contributed by atoms with E-state index in [4.69, 9.17) is 10.8 Å². The molecule has 0 spiro atoms. The highest BCUT2D eigenvalue weighted by Crippen LogP contribution is 2.31. The predicted octanol–water partition coefficient (Wildman–Crippen LogP) is 2.42. The summed E-state index contributed by atoms with van der Waals surface area (Å²) in [6.45, 7) is 1.92. The number of carboxylic acids is 1. The third-order valence-corrected chi connectivity index (χ3v) is 5.64. The molecule has 26 heavy (non-hydrogen) atoms. The normalized spacial score (nSPS) is 10.8. The molecule has 2 heterocycles. The van der Waals surface area contributed by atoms with Crippen LogP contribution in [-0.2, 0) is 11.2 Å².